The summed E-state index contributed by atoms with van der Waals surface area (Å²) in [6, 6.07) is -1.05. The lowest BCUT2D eigenvalue weighted by molar-refractivity contribution is -0.140. The van der Waals surface area contributed by atoms with Crippen LogP contribution in [0.15, 0.2) is 0 Å². The molecule has 0 aliphatic carbocycles. The maximum absolute atomic E-state index is 11.3. The smallest absolute Gasteiger partial charge is 0.323 e. The second kappa shape index (κ2) is 3.37. The van der Waals surface area contributed by atoms with Crippen molar-refractivity contribution in [2.45, 2.75) is 19.4 Å². The number of carboxylic acid groups (broad SMARTS) is 1. The SMILES string of the molecule is CCC(NF)C(=O)O. The van der Waals surface area contributed by atoms with Crippen molar-refractivity contribution in [1.29, 1.82) is 0 Å². The van der Waals surface area contributed by atoms with Gasteiger partial charge in [-0.1, -0.05) is 6.92 Å². The Morgan fingerprint density at radius 1 is 2.00 bits per heavy atom. The second-order valence-electron chi connectivity index (χ2n) is 1.41. The lowest BCUT2D eigenvalue weighted by Gasteiger charge is -2.01. The lowest BCUT2D eigenvalue weighted by Crippen LogP contribution is -2.29. The van der Waals surface area contributed by atoms with Crippen LogP contribution >= 0.6 is 0 Å². The van der Waals surface area contributed by atoms with E-state index >= 15 is 0 Å². The summed E-state index contributed by atoms with van der Waals surface area (Å²) in [5.74, 6) is -1.16. The van der Waals surface area contributed by atoms with Crippen molar-refractivity contribution in [3.8, 4) is 0 Å². The van der Waals surface area contributed by atoms with Gasteiger partial charge in [0.2, 0.25) is 0 Å². The topological polar surface area (TPSA) is 49.3 Å². The Labute approximate surface area is 46.4 Å². The first kappa shape index (κ1) is 7.36. The fourth-order valence-electron chi connectivity index (χ4n) is 0.298. The number of hydrogen-bond acceptors (Lipinski definition) is 2. The highest BCUT2D eigenvalue weighted by Crippen LogP contribution is 1.88. The van der Waals surface area contributed by atoms with Crippen LogP contribution in [-0.4, -0.2) is 17.1 Å². The second-order valence-corrected chi connectivity index (χ2v) is 1.41. The molecule has 0 aromatic rings. The molecule has 0 rings (SSSR count). The van der Waals surface area contributed by atoms with E-state index in [4.69, 9.17) is 5.11 Å². The number of carbonyl (C=O) groups is 1. The third-order valence-corrected chi connectivity index (χ3v) is 0.838. The van der Waals surface area contributed by atoms with Crippen LogP contribution in [0.25, 0.3) is 0 Å². The molecule has 0 saturated carbocycles. The number of aliphatic carboxylic acids is 1. The molecule has 0 fully saturated rings. The first-order chi connectivity index (χ1) is 3.72. The van der Waals surface area contributed by atoms with Crippen LogP contribution in [-0.2, 0) is 4.79 Å². The Morgan fingerprint density at radius 2 is 2.50 bits per heavy atom. The summed E-state index contributed by atoms with van der Waals surface area (Å²) in [4.78, 5) is 9.86. The van der Waals surface area contributed by atoms with Crippen LogP contribution < -0.4 is 5.54 Å². The van der Waals surface area contributed by atoms with Crippen molar-refractivity contribution < 1.29 is 14.4 Å². The van der Waals surface area contributed by atoms with Crippen LogP contribution in [0.2, 0.25) is 0 Å². The van der Waals surface area contributed by atoms with Gasteiger partial charge in [-0.3, -0.25) is 4.79 Å². The van der Waals surface area contributed by atoms with Crippen molar-refractivity contribution in [1.82, 2.24) is 5.54 Å². The zero-order valence-corrected chi connectivity index (χ0v) is 4.52. The van der Waals surface area contributed by atoms with Crippen LogP contribution in [0.3, 0.4) is 0 Å². The first-order valence-electron chi connectivity index (χ1n) is 2.31. The zero-order chi connectivity index (χ0) is 6.57. The summed E-state index contributed by atoms with van der Waals surface area (Å²) in [7, 11) is 0. The van der Waals surface area contributed by atoms with E-state index in [0.29, 0.717) is 0 Å². The molecule has 0 aliphatic heterocycles. The average Bonchev–Trinajstić information content (AvgIpc) is 1.69. The molecule has 3 nitrogen and oxygen atoms in total. The molecule has 1 atom stereocenters. The maximum Gasteiger partial charge on any atom is 0.323 e. The van der Waals surface area contributed by atoms with Crippen LogP contribution in [0, 0.1) is 0 Å². The van der Waals surface area contributed by atoms with Crippen LogP contribution in [0.5, 0.6) is 0 Å². The summed E-state index contributed by atoms with van der Waals surface area (Å²) >= 11 is 0. The molecule has 0 bridgehead atoms. The van der Waals surface area contributed by atoms with E-state index < -0.39 is 12.0 Å². The van der Waals surface area contributed by atoms with Gasteiger partial charge in [0.05, 0.1) is 0 Å². The summed E-state index contributed by atoms with van der Waals surface area (Å²) in [5.41, 5.74) is 1.15. The highest BCUT2D eigenvalue weighted by Gasteiger charge is 2.12. The molecular weight excluding hydrogens is 113 g/mol. The Morgan fingerprint density at radius 3 is 2.50 bits per heavy atom. The summed E-state index contributed by atoms with van der Waals surface area (Å²) < 4.78 is 11.3. The van der Waals surface area contributed by atoms with Gasteiger partial charge in [-0.25, -0.2) is 0 Å². The Bertz CT molecular complexity index is 82.1. The molecule has 0 aromatic carbocycles. The van der Waals surface area contributed by atoms with Crippen molar-refractivity contribution in [3.05, 3.63) is 0 Å². The molecule has 0 heterocycles. The quantitative estimate of drug-likeness (QED) is 0.529. The molecule has 8 heavy (non-hydrogen) atoms. The minimum absolute atomic E-state index is 0.256. The number of carboxylic acids is 1. The fourth-order valence-corrected chi connectivity index (χ4v) is 0.298. The molecule has 0 spiro atoms. The molecule has 0 radical (unpaired) electrons. The van der Waals surface area contributed by atoms with E-state index in [1.807, 2.05) is 0 Å². The molecule has 4 heteroatoms. The molecular formula is C4H8FNO2. The van der Waals surface area contributed by atoms with Crippen molar-refractivity contribution in [3.63, 3.8) is 0 Å². The zero-order valence-electron chi connectivity index (χ0n) is 4.52. The Balaban J connectivity index is 3.52. The minimum Gasteiger partial charge on any atom is -0.480 e. The van der Waals surface area contributed by atoms with Gasteiger partial charge in [0, 0.05) is 0 Å². The number of hydrogen-bond donors (Lipinski definition) is 2. The predicted octanol–water partition coefficient (Wildman–Crippen LogP) is 0.324. The van der Waals surface area contributed by atoms with Crippen molar-refractivity contribution >= 4 is 5.97 Å². The molecule has 0 aromatic heterocycles. The van der Waals surface area contributed by atoms with Gasteiger partial charge < -0.3 is 5.11 Å². The van der Waals surface area contributed by atoms with E-state index in [1.54, 1.807) is 6.92 Å². The first-order valence-corrected chi connectivity index (χ1v) is 2.31. The normalized spacial score (nSPS) is 13.2. The van der Waals surface area contributed by atoms with Gasteiger partial charge in [-0.05, 0) is 6.42 Å². The number of rotatable bonds is 3. The molecule has 48 valence electrons. The summed E-state index contributed by atoms with van der Waals surface area (Å²) in [6.07, 6.45) is 0.256. The minimum atomic E-state index is -1.16. The molecule has 0 amide bonds. The molecule has 2 N–H and O–H groups in total. The van der Waals surface area contributed by atoms with Gasteiger partial charge in [0.1, 0.15) is 6.04 Å². The average molecular weight is 121 g/mol. The van der Waals surface area contributed by atoms with E-state index in [2.05, 4.69) is 0 Å². The highest BCUT2D eigenvalue weighted by molar-refractivity contribution is 5.73. The van der Waals surface area contributed by atoms with Gasteiger partial charge in [0.25, 0.3) is 0 Å². The van der Waals surface area contributed by atoms with Crippen LogP contribution in [0.1, 0.15) is 13.3 Å². The number of nitrogens with one attached hydrogen (secondary N) is 1. The van der Waals surface area contributed by atoms with Crippen molar-refractivity contribution in [2.75, 3.05) is 0 Å². The van der Waals surface area contributed by atoms with Crippen LogP contribution in [0.4, 0.5) is 4.48 Å². The van der Waals surface area contributed by atoms with Crippen molar-refractivity contribution in [2.24, 2.45) is 0 Å². The third-order valence-electron chi connectivity index (χ3n) is 0.838. The molecule has 1 unspecified atom stereocenters. The lowest BCUT2D eigenvalue weighted by atomic mass is 10.2. The maximum atomic E-state index is 11.3. The van der Waals surface area contributed by atoms with E-state index in [0.717, 1.165) is 5.54 Å². The molecule has 0 saturated heterocycles. The van der Waals surface area contributed by atoms with Gasteiger partial charge in [-0.15, -0.1) is 10.0 Å². The molecule has 0 aliphatic rings. The Kier molecular flexibility index (Phi) is 3.10. The van der Waals surface area contributed by atoms with E-state index in [1.165, 1.54) is 0 Å². The Hall–Kier alpha value is -0.640. The van der Waals surface area contributed by atoms with Gasteiger partial charge >= 0.3 is 5.97 Å². The largest absolute Gasteiger partial charge is 0.480 e. The van der Waals surface area contributed by atoms with Gasteiger partial charge in [0.15, 0.2) is 0 Å². The predicted molar refractivity (Wildman–Crippen MR) is 26.0 cm³/mol. The monoisotopic (exact) mass is 121 g/mol. The third kappa shape index (κ3) is 1.88. The van der Waals surface area contributed by atoms with E-state index in [-0.39, 0.29) is 6.42 Å². The number of halogens is 1. The summed E-state index contributed by atoms with van der Waals surface area (Å²) in [5, 5.41) is 8.07. The summed E-state index contributed by atoms with van der Waals surface area (Å²) in [6.45, 7) is 1.59. The standard InChI is InChI=1S/C4H8FNO2/c1-2-3(6-5)4(7)8/h3,6H,2H2,1H3,(H,7,8). The van der Waals surface area contributed by atoms with Gasteiger partial charge in [-0.2, -0.15) is 0 Å². The fraction of sp³-hybridized carbons (Fsp3) is 0.750. The highest BCUT2D eigenvalue weighted by atomic mass is 19.2. The van der Waals surface area contributed by atoms with E-state index in [9.17, 15) is 9.28 Å².